The summed E-state index contributed by atoms with van der Waals surface area (Å²) >= 11 is 0. The molecule has 28 heavy (non-hydrogen) atoms. The quantitative estimate of drug-likeness (QED) is 0.630. The van der Waals surface area contributed by atoms with Crippen molar-refractivity contribution >= 4 is 5.91 Å². The Morgan fingerprint density at radius 1 is 0.893 bits per heavy atom. The lowest BCUT2D eigenvalue weighted by molar-refractivity contribution is 0.0938. The van der Waals surface area contributed by atoms with E-state index in [0.29, 0.717) is 42.6 Å². The molecule has 1 N–H and O–H groups in total. The molecule has 0 bridgehead atoms. The Hall–Kier alpha value is -2.69. The smallest absolute Gasteiger partial charge is 0.252 e. The maximum atomic E-state index is 12.9. The van der Waals surface area contributed by atoms with Gasteiger partial charge in [0.25, 0.3) is 5.91 Å². The second-order valence-electron chi connectivity index (χ2n) is 6.39. The van der Waals surface area contributed by atoms with Crippen LogP contribution in [0.5, 0.6) is 17.2 Å². The molecule has 2 aromatic carbocycles. The number of carbonyl (C=O) groups excluding carboxylic acids is 1. The number of nitrogens with one attached hydrogen (secondary N) is 1. The Labute approximate surface area is 168 Å². The van der Waals surface area contributed by atoms with Crippen LogP contribution in [0.15, 0.2) is 36.4 Å². The molecule has 1 amide bonds. The lowest BCUT2D eigenvalue weighted by Crippen LogP contribution is -2.26. The van der Waals surface area contributed by atoms with Crippen molar-refractivity contribution < 1.29 is 19.0 Å². The molecule has 1 atom stereocenters. The van der Waals surface area contributed by atoms with Crippen LogP contribution in [0.1, 0.15) is 62.1 Å². The van der Waals surface area contributed by atoms with E-state index in [-0.39, 0.29) is 11.9 Å². The van der Waals surface area contributed by atoms with Crippen molar-refractivity contribution in [1.29, 1.82) is 0 Å². The topological polar surface area (TPSA) is 56.8 Å². The number of aryl methyl sites for hydroxylation is 1. The average molecular weight is 386 g/mol. The molecule has 152 valence electrons. The molecule has 0 fully saturated rings. The second kappa shape index (κ2) is 10.6. The molecule has 2 aromatic rings. The SMILES string of the molecule is CCOc1cc(C(=O)N[C@@H](C)c2ccc(CC)cc2)cc(OCC)c1OCC. The summed E-state index contributed by atoms with van der Waals surface area (Å²) in [5, 5.41) is 3.05. The zero-order valence-electron chi connectivity index (χ0n) is 17.5. The van der Waals surface area contributed by atoms with Crippen molar-refractivity contribution in [3.63, 3.8) is 0 Å². The third kappa shape index (κ3) is 5.41. The Bertz CT molecular complexity index is 744. The summed E-state index contributed by atoms with van der Waals surface area (Å²) in [7, 11) is 0. The van der Waals surface area contributed by atoms with E-state index in [0.717, 1.165) is 12.0 Å². The maximum Gasteiger partial charge on any atom is 0.252 e. The molecule has 5 heteroatoms. The number of ether oxygens (including phenoxy) is 3. The van der Waals surface area contributed by atoms with Crippen molar-refractivity contribution in [1.82, 2.24) is 5.32 Å². The first-order valence-corrected chi connectivity index (χ1v) is 10.00. The molecule has 0 aliphatic heterocycles. The van der Waals surface area contributed by atoms with E-state index < -0.39 is 0 Å². The van der Waals surface area contributed by atoms with Crippen LogP contribution in [-0.4, -0.2) is 25.7 Å². The lowest BCUT2D eigenvalue weighted by Gasteiger charge is -2.19. The van der Waals surface area contributed by atoms with Crippen LogP contribution >= 0.6 is 0 Å². The highest BCUT2D eigenvalue weighted by molar-refractivity contribution is 5.95. The Morgan fingerprint density at radius 3 is 1.89 bits per heavy atom. The zero-order valence-corrected chi connectivity index (χ0v) is 17.5. The van der Waals surface area contributed by atoms with Gasteiger partial charge in [0.1, 0.15) is 0 Å². The van der Waals surface area contributed by atoms with Crippen LogP contribution in [0.25, 0.3) is 0 Å². The number of rotatable bonds is 10. The van der Waals surface area contributed by atoms with Gasteiger partial charge in [-0.05, 0) is 57.4 Å². The molecule has 0 saturated heterocycles. The second-order valence-corrected chi connectivity index (χ2v) is 6.39. The summed E-state index contributed by atoms with van der Waals surface area (Å²) in [6.07, 6.45) is 0.994. The molecule has 0 aromatic heterocycles. The van der Waals surface area contributed by atoms with E-state index in [2.05, 4.69) is 36.5 Å². The minimum Gasteiger partial charge on any atom is -0.490 e. The van der Waals surface area contributed by atoms with Crippen molar-refractivity contribution in [2.45, 2.75) is 47.1 Å². The largest absolute Gasteiger partial charge is 0.490 e. The first kappa shape index (κ1) is 21.6. The van der Waals surface area contributed by atoms with Crippen molar-refractivity contribution in [3.05, 3.63) is 53.1 Å². The molecule has 0 unspecified atom stereocenters. The Balaban J connectivity index is 2.27. The van der Waals surface area contributed by atoms with Crippen LogP contribution in [0.4, 0.5) is 0 Å². The monoisotopic (exact) mass is 385 g/mol. The van der Waals surface area contributed by atoms with Gasteiger partial charge in [0.2, 0.25) is 5.75 Å². The van der Waals surface area contributed by atoms with Gasteiger partial charge < -0.3 is 19.5 Å². The summed E-state index contributed by atoms with van der Waals surface area (Å²) in [5.74, 6) is 1.38. The van der Waals surface area contributed by atoms with Gasteiger partial charge in [0.05, 0.1) is 25.9 Å². The lowest BCUT2D eigenvalue weighted by atomic mass is 10.0. The van der Waals surface area contributed by atoms with E-state index in [1.807, 2.05) is 27.7 Å². The highest BCUT2D eigenvalue weighted by Crippen LogP contribution is 2.39. The minimum atomic E-state index is -0.183. The number of hydrogen-bond donors (Lipinski definition) is 1. The molecule has 0 heterocycles. The maximum absolute atomic E-state index is 12.9. The van der Waals surface area contributed by atoms with Crippen LogP contribution in [-0.2, 0) is 6.42 Å². The van der Waals surface area contributed by atoms with Crippen LogP contribution in [0, 0.1) is 0 Å². The molecule has 0 radical (unpaired) electrons. The van der Waals surface area contributed by atoms with Crippen molar-refractivity contribution in [2.24, 2.45) is 0 Å². The van der Waals surface area contributed by atoms with Gasteiger partial charge in [-0.15, -0.1) is 0 Å². The molecular weight excluding hydrogens is 354 g/mol. The van der Waals surface area contributed by atoms with Crippen molar-refractivity contribution in [3.8, 4) is 17.2 Å². The van der Waals surface area contributed by atoms with E-state index in [9.17, 15) is 4.79 Å². The van der Waals surface area contributed by atoms with E-state index >= 15 is 0 Å². The standard InChI is InChI=1S/C23H31NO4/c1-6-17-10-12-18(13-11-17)16(5)24-23(25)19-14-20(26-7-2)22(28-9-4)21(15-19)27-8-3/h10-16H,6-9H2,1-5H3,(H,24,25)/t16-/m0/s1. The number of hydrogen-bond acceptors (Lipinski definition) is 4. The minimum absolute atomic E-state index is 0.115. The van der Waals surface area contributed by atoms with Gasteiger partial charge in [-0.2, -0.15) is 0 Å². The average Bonchev–Trinajstić information content (AvgIpc) is 2.70. The Kier molecular flexibility index (Phi) is 8.18. The summed E-state index contributed by atoms with van der Waals surface area (Å²) in [4.78, 5) is 12.9. The van der Waals surface area contributed by atoms with Gasteiger partial charge in [-0.1, -0.05) is 31.2 Å². The molecule has 2 rings (SSSR count). The van der Waals surface area contributed by atoms with E-state index in [4.69, 9.17) is 14.2 Å². The summed E-state index contributed by atoms with van der Waals surface area (Å²) in [6.45, 7) is 11.2. The molecule has 0 aliphatic rings. The van der Waals surface area contributed by atoms with Crippen LogP contribution in [0.2, 0.25) is 0 Å². The third-order valence-electron chi connectivity index (χ3n) is 4.41. The number of carbonyl (C=O) groups is 1. The zero-order chi connectivity index (χ0) is 20.5. The molecule has 0 spiro atoms. The normalized spacial score (nSPS) is 11.6. The number of benzene rings is 2. The summed E-state index contributed by atoms with van der Waals surface area (Å²) in [6, 6.07) is 11.6. The summed E-state index contributed by atoms with van der Waals surface area (Å²) in [5.41, 5.74) is 2.82. The predicted molar refractivity (Wildman–Crippen MR) is 112 cm³/mol. The highest BCUT2D eigenvalue weighted by atomic mass is 16.5. The third-order valence-corrected chi connectivity index (χ3v) is 4.41. The Morgan fingerprint density at radius 2 is 1.43 bits per heavy atom. The van der Waals surface area contributed by atoms with Crippen molar-refractivity contribution in [2.75, 3.05) is 19.8 Å². The fraction of sp³-hybridized carbons (Fsp3) is 0.435. The van der Waals surface area contributed by atoms with Crippen LogP contribution < -0.4 is 19.5 Å². The predicted octanol–water partition coefficient (Wildman–Crippen LogP) is 4.94. The first-order chi connectivity index (χ1) is 13.5. The fourth-order valence-corrected chi connectivity index (χ4v) is 2.93. The van der Waals surface area contributed by atoms with E-state index in [1.54, 1.807) is 12.1 Å². The molecule has 5 nitrogen and oxygen atoms in total. The van der Waals surface area contributed by atoms with Gasteiger partial charge in [0, 0.05) is 5.56 Å². The highest BCUT2D eigenvalue weighted by Gasteiger charge is 2.19. The molecule has 0 aliphatic carbocycles. The van der Waals surface area contributed by atoms with Gasteiger partial charge in [0.15, 0.2) is 11.5 Å². The van der Waals surface area contributed by atoms with Gasteiger partial charge >= 0.3 is 0 Å². The van der Waals surface area contributed by atoms with Gasteiger partial charge in [-0.3, -0.25) is 4.79 Å². The first-order valence-electron chi connectivity index (χ1n) is 10.00. The number of amides is 1. The van der Waals surface area contributed by atoms with Gasteiger partial charge in [-0.25, -0.2) is 0 Å². The fourth-order valence-electron chi connectivity index (χ4n) is 2.93. The van der Waals surface area contributed by atoms with Crippen LogP contribution in [0.3, 0.4) is 0 Å². The molecule has 0 saturated carbocycles. The summed E-state index contributed by atoms with van der Waals surface area (Å²) < 4.78 is 17.1. The molecular formula is C23H31NO4. The van der Waals surface area contributed by atoms with E-state index in [1.165, 1.54) is 5.56 Å².